The van der Waals surface area contributed by atoms with Gasteiger partial charge in [-0.1, -0.05) is 109 Å². The van der Waals surface area contributed by atoms with Gasteiger partial charge in [-0.05, 0) is 109 Å². The molecule has 0 saturated carbocycles. The Balaban J connectivity index is 1.00. The highest BCUT2D eigenvalue weighted by Crippen LogP contribution is 2.36. The number of para-hydroxylation sites is 6. The predicted molar refractivity (Wildman–Crippen MR) is 276 cm³/mol. The van der Waals surface area contributed by atoms with Crippen LogP contribution in [0.15, 0.2) is 218 Å². The van der Waals surface area contributed by atoms with E-state index in [0.717, 1.165) is 50.2 Å². The second-order valence-electron chi connectivity index (χ2n) is 17.3. The molecule has 342 valence electrons. The molecular formula is C60H36F3N9. The number of fused-ring (bicyclic) bond motifs is 3. The first-order valence-corrected chi connectivity index (χ1v) is 23.2. The van der Waals surface area contributed by atoms with E-state index in [0.29, 0.717) is 68.3 Å². The minimum absolute atomic E-state index is 0.365. The maximum atomic E-state index is 14.8. The van der Waals surface area contributed by atoms with Gasteiger partial charge < -0.3 is 0 Å². The van der Waals surface area contributed by atoms with Crippen LogP contribution in [0.2, 0.25) is 0 Å². The van der Waals surface area contributed by atoms with E-state index in [9.17, 15) is 13.2 Å². The van der Waals surface area contributed by atoms with Crippen LogP contribution >= 0.6 is 0 Å². The van der Waals surface area contributed by atoms with E-state index < -0.39 is 0 Å². The molecule has 0 unspecified atom stereocenters. The second-order valence-corrected chi connectivity index (χ2v) is 17.3. The third-order valence-electron chi connectivity index (χ3n) is 12.7. The maximum absolute atomic E-state index is 14.8. The summed E-state index contributed by atoms with van der Waals surface area (Å²) in [6.07, 6.45) is 0. The maximum Gasteiger partial charge on any atom is 0.164 e. The van der Waals surface area contributed by atoms with Crippen molar-refractivity contribution in [2.75, 3.05) is 0 Å². The molecule has 9 nitrogen and oxygen atoms in total. The number of hydrogen-bond donors (Lipinski definition) is 0. The molecule has 0 fully saturated rings. The summed E-state index contributed by atoms with van der Waals surface area (Å²) in [4.78, 5) is 30.5. The summed E-state index contributed by atoms with van der Waals surface area (Å²) in [5.41, 5.74) is 11.0. The Labute approximate surface area is 409 Å². The molecule has 0 bridgehead atoms. The third kappa shape index (κ3) is 7.54. The minimum Gasteiger partial charge on any atom is -0.292 e. The molecule has 0 aliphatic rings. The van der Waals surface area contributed by atoms with E-state index in [4.69, 9.17) is 29.9 Å². The molecule has 4 heterocycles. The quantitative estimate of drug-likeness (QED) is 0.143. The van der Waals surface area contributed by atoms with E-state index in [1.54, 1.807) is 18.2 Å². The van der Waals surface area contributed by atoms with Crippen LogP contribution in [0.3, 0.4) is 0 Å². The Bertz CT molecular complexity index is 3810. The van der Waals surface area contributed by atoms with Gasteiger partial charge in [0.25, 0.3) is 0 Å². The van der Waals surface area contributed by atoms with E-state index in [2.05, 4.69) is 0 Å². The molecule has 0 radical (unpaired) electrons. The normalized spacial score (nSPS) is 11.5. The van der Waals surface area contributed by atoms with E-state index >= 15 is 0 Å². The van der Waals surface area contributed by atoms with E-state index in [1.165, 1.54) is 36.4 Å². The highest BCUT2D eigenvalue weighted by atomic mass is 19.1. The number of aromatic nitrogens is 9. The van der Waals surface area contributed by atoms with Crippen molar-refractivity contribution in [1.82, 2.24) is 43.6 Å². The van der Waals surface area contributed by atoms with Gasteiger partial charge in [-0.15, -0.1) is 0 Å². The summed E-state index contributed by atoms with van der Waals surface area (Å²) >= 11 is 0. The van der Waals surface area contributed by atoms with Gasteiger partial charge in [0, 0.05) is 50.4 Å². The van der Waals surface area contributed by atoms with Gasteiger partial charge in [-0.25, -0.2) is 43.1 Å². The van der Waals surface area contributed by atoms with Crippen LogP contribution in [0, 0.1) is 17.5 Å². The topological polar surface area (TPSA) is 92.1 Å². The first-order chi connectivity index (χ1) is 35.4. The Hall–Kier alpha value is -9.81. The molecule has 9 aromatic carbocycles. The second kappa shape index (κ2) is 17.3. The molecule has 0 spiro atoms. The highest BCUT2D eigenvalue weighted by molar-refractivity contribution is 5.86. The molecule has 0 aliphatic heterocycles. The van der Waals surface area contributed by atoms with Crippen LogP contribution in [0.5, 0.6) is 0 Å². The molecule has 4 aromatic heterocycles. The number of imidazole rings is 3. The summed E-state index contributed by atoms with van der Waals surface area (Å²) in [5, 5.41) is 0. The fraction of sp³-hybridized carbons (Fsp3) is 0. The van der Waals surface area contributed by atoms with Crippen molar-refractivity contribution in [3.05, 3.63) is 236 Å². The molecule has 12 heteroatoms. The lowest BCUT2D eigenvalue weighted by Gasteiger charge is -2.14. The lowest BCUT2D eigenvalue weighted by atomic mass is 10.1. The van der Waals surface area contributed by atoms with Crippen molar-refractivity contribution >= 4 is 33.1 Å². The fourth-order valence-electron chi connectivity index (χ4n) is 9.44. The average Bonchev–Trinajstić information content (AvgIpc) is 4.14. The van der Waals surface area contributed by atoms with Crippen molar-refractivity contribution < 1.29 is 13.2 Å². The standard InChI is InChI=1S/C60H36F3N9/c61-43-19-7-16-40(31-43)58-64-49-25-1-4-28-52(49)70(58)46-22-10-13-37(34-46)55-67-56(38-14-11-23-47(35-38)71-53-29-5-2-26-50(53)65-59(71)41-17-8-20-44(62)32-41)69-57(68-55)39-15-12-24-48(36-39)72-54-30-6-3-27-51(54)66-60(72)42-18-9-21-45(63)33-42/h1-36H. The van der Waals surface area contributed by atoms with Crippen LogP contribution in [-0.2, 0) is 0 Å². The van der Waals surface area contributed by atoms with Crippen LogP contribution in [0.25, 0.3) is 118 Å². The summed E-state index contributed by atoms with van der Waals surface area (Å²) < 4.78 is 50.3. The largest absolute Gasteiger partial charge is 0.292 e. The number of nitrogens with zero attached hydrogens (tertiary/aromatic N) is 9. The number of halogens is 3. The van der Waals surface area contributed by atoms with Gasteiger partial charge in [0.1, 0.15) is 34.9 Å². The zero-order chi connectivity index (χ0) is 48.3. The molecule has 72 heavy (non-hydrogen) atoms. The summed E-state index contributed by atoms with van der Waals surface area (Å²) in [6, 6.07) is 66.3. The lowest BCUT2D eigenvalue weighted by molar-refractivity contribution is 0.627. The lowest BCUT2D eigenvalue weighted by Crippen LogP contribution is -2.03. The van der Waals surface area contributed by atoms with Crippen LogP contribution in [0.4, 0.5) is 13.2 Å². The van der Waals surface area contributed by atoms with Crippen LogP contribution in [-0.4, -0.2) is 43.6 Å². The minimum atomic E-state index is -0.365. The molecular weight excluding hydrogens is 904 g/mol. The molecule has 13 aromatic rings. The Morgan fingerprint density at radius 2 is 0.528 bits per heavy atom. The van der Waals surface area contributed by atoms with Crippen molar-refractivity contribution in [2.24, 2.45) is 0 Å². The third-order valence-corrected chi connectivity index (χ3v) is 12.7. The van der Waals surface area contributed by atoms with Crippen molar-refractivity contribution in [3.63, 3.8) is 0 Å². The van der Waals surface area contributed by atoms with Gasteiger partial charge in [-0.2, -0.15) is 0 Å². The zero-order valence-corrected chi connectivity index (χ0v) is 37.9. The predicted octanol–water partition coefficient (Wildman–Crippen LogP) is 14.3. The van der Waals surface area contributed by atoms with Gasteiger partial charge in [-0.3, -0.25) is 13.7 Å². The van der Waals surface area contributed by atoms with Gasteiger partial charge >= 0.3 is 0 Å². The van der Waals surface area contributed by atoms with Gasteiger partial charge in [0.15, 0.2) is 17.5 Å². The summed E-state index contributed by atoms with van der Waals surface area (Å²) in [5.74, 6) is 1.82. The number of rotatable bonds is 9. The first-order valence-electron chi connectivity index (χ1n) is 23.2. The number of hydrogen-bond acceptors (Lipinski definition) is 6. The Kier molecular flexibility index (Phi) is 10.2. The first kappa shape index (κ1) is 42.3. The Morgan fingerprint density at radius 3 is 0.833 bits per heavy atom. The van der Waals surface area contributed by atoms with E-state index in [1.807, 2.05) is 177 Å². The van der Waals surface area contributed by atoms with Crippen molar-refractivity contribution in [1.29, 1.82) is 0 Å². The van der Waals surface area contributed by atoms with Crippen molar-refractivity contribution in [3.8, 4) is 85.4 Å². The fourth-order valence-corrected chi connectivity index (χ4v) is 9.44. The molecule has 0 atom stereocenters. The molecule has 0 N–H and O–H groups in total. The average molecular weight is 940 g/mol. The van der Waals surface area contributed by atoms with E-state index in [-0.39, 0.29) is 17.5 Å². The Morgan fingerprint density at radius 1 is 0.250 bits per heavy atom. The monoisotopic (exact) mass is 939 g/mol. The van der Waals surface area contributed by atoms with Crippen LogP contribution < -0.4 is 0 Å². The van der Waals surface area contributed by atoms with Crippen LogP contribution in [0.1, 0.15) is 0 Å². The van der Waals surface area contributed by atoms with Gasteiger partial charge in [0.05, 0.1) is 33.1 Å². The van der Waals surface area contributed by atoms with Gasteiger partial charge in [0.2, 0.25) is 0 Å². The molecule has 0 aliphatic carbocycles. The summed E-state index contributed by atoms with van der Waals surface area (Å²) in [7, 11) is 0. The zero-order valence-electron chi connectivity index (χ0n) is 37.9. The number of benzene rings is 9. The van der Waals surface area contributed by atoms with Crippen molar-refractivity contribution in [2.45, 2.75) is 0 Å². The summed E-state index contributed by atoms with van der Waals surface area (Å²) in [6.45, 7) is 0. The molecule has 0 saturated heterocycles. The molecule has 0 amide bonds. The smallest absolute Gasteiger partial charge is 0.164 e. The highest BCUT2D eigenvalue weighted by Gasteiger charge is 2.21. The SMILES string of the molecule is Fc1cccc(-c2nc3ccccc3n2-c2cccc(-c3nc(-c4cccc(-n5c(-c6cccc(F)c6)nc6ccccc65)c4)nc(-c4cccc(-n5c(-c6cccc(F)c6)nc6ccccc65)c4)n3)c2)c1. The molecule has 13 rings (SSSR count).